The molecule has 1 fully saturated rings. The molecule has 4 amide bonds. The minimum Gasteiger partial charge on any atom is -0.325 e. The molecule has 9 heteroatoms. The second kappa shape index (κ2) is 8.90. The van der Waals surface area contributed by atoms with Crippen LogP contribution < -0.4 is 16.0 Å². The summed E-state index contributed by atoms with van der Waals surface area (Å²) in [6, 6.07) is 7.92. The van der Waals surface area contributed by atoms with Crippen LogP contribution in [0.4, 0.5) is 19.3 Å². The van der Waals surface area contributed by atoms with E-state index >= 15 is 0 Å². The summed E-state index contributed by atoms with van der Waals surface area (Å²) in [6.45, 7) is 4.11. The van der Waals surface area contributed by atoms with E-state index in [0.717, 1.165) is 23.6 Å². The molecule has 7 nitrogen and oxygen atoms in total. The normalized spacial score (nSPS) is 20.2. The molecule has 33 heavy (non-hydrogen) atoms. The molecule has 4 rings (SSSR count). The van der Waals surface area contributed by atoms with Gasteiger partial charge in [-0.3, -0.25) is 14.9 Å². The predicted molar refractivity (Wildman–Crippen MR) is 119 cm³/mol. The quantitative estimate of drug-likeness (QED) is 0.559. The number of hydrogen-bond donors (Lipinski definition) is 3. The smallest absolute Gasteiger partial charge is 0.325 e. The Morgan fingerprint density at radius 2 is 1.82 bits per heavy atom. The van der Waals surface area contributed by atoms with Gasteiger partial charge in [-0.2, -0.15) is 0 Å². The summed E-state index contributed by atoms with van der Waals surface area (Å²) in [5, 5.41) is 8.20. The molecule has 2 aromatic rings. The Labute approximate surface area is 190 Å². The molecular formula is C24H26F2N4O3. The fourth-order valence-corrected chi connectivity index (χ4v) is 4.62. The molecule has 1 aliphatic carbocycles. The van der Waals surface area contributed by atoms with Gasteiger partial charge < -0.3 is 15.5 Å². The van der Waals surface area contributed by atoms with Crippen LogP contribution in [0.2, 0.25) is 0 Å². The number of benzene rings is 2. The molecular weight excluding hydrogens is 430 g/mol. The molecule has 0 radical (unpaired) electrons. The van der Waals surface area contributed by atoms with Crippen molar-refractivity contribution in [2.24, 2.45) is 0 Å². The van der Waals surface area contributed by atoms with Gasteiger partial charge in [-0.15, -0.1) is 0 Å². The average Bonchev–Trinajstić information content (AvgIpc) is 3.24. The fraction of sp³-hybridized carbons (Fsp3) is 0.375. The van der Waals surface area contributed by atoms with Crippen LogP contribution in [0, 0.1) is 11.6 Å². The number of fused-ring (bicyclic) bond motifs is 1. The first-order chi connectivity index (χ1) is 15.7. The lowest BCUT2D eigenvalue weighted by atomic mass is 9.94. The first-order valence-electron chi connectivity index (χ1n) is 11.0. The van der Waals surface area contributed by atoms with Crippen molar-refractivity contribution in [2.45, 2.75) is 44.7 Å². The lowest BCUT2D eigenvalue weighted by molar-refractivity contribution is -0.126. The van der Waals surface area contributed by atoms with Crippen LogP contribution in [-0.2, 0) is 22.4 Å². The van der Waals surface area contributed by atoms with E-state index in [9.17, 15) is 23.2 Å². The topological polar surface area (TPSA) is 90.5 Å². The monoisotopic (exact) mass is 456 g/mol. The summed E-state index contributed by atoms with van der Waals surface area (Å²) in [6.07, 6.45) is 1.58. The first kappa shape index (κ1) is 22.8. The molecule has 2 aromatic carbocycles. The molecule has 1 heterocycles. The molecule has 1 aliphatic heterocycles. The highest BCUT2D eigenvalue weighted by atomic mass is 19.1. The number of carbonyl (C=O) groups excluding carboxylic acids is 3. The van der Waals surface area contributed by atoms with E-state index in [-0.39, 0.29) is 24.4 Å². The van der Waals surface area contributed by atoms with E-state index in [0.29, 0.717) is 30.6 Å². The van der Waals surface area contributed by atoms with Gasteiger partial charge in [-0.1, -0.05) is 13.0 Å². The molecule has 1 saturated heterocycles. The Morgan fingerprint density at radius 3 is 2.52 bits per heavy atom. The van der Waals surface area contributed by atoms with Gasteiger partial charge in [0.15, 0.2) is 0 Å². The van der Waals surface area contributed by atoms with E-state index in [4.69, 9.17) is 0 Å². The lowest BCUT2D eigenvalue weighted by Gasteiger charge is -2.31. The Kier molecular flexibility index (Phi) is 6.16. The Morgan fingerprint density at radius 1 is 1.12 bits per heavy atom. The maximum Gasteiger partial charge on any atom is 0.325 e. The molecule has 2 atom stereocenters. The number of carbonyl (C=O) groups is 3. The Hall–Kier alpha value is -3.33. The molecule has 1 unspecified atom stereocenters. The number of hydrogen-bond acceptors (Lipinski definition) is 4. The molecule has 174 valence electrons. The van der Waals surface area contributed by atoms with Gasteiger partial charge in [-0.05, 0) is 54.3 Å². The van der Waals surface area contributed by atoms with Gasteiger partial charge >= 0.3 is 6.03 Å². The molecule has 0 aromatic heterocycles. The second-order valence-corrected chi connectivity index (χ2v) is 8.63. The van der Waals surface area contributed by atoms with Crippen LogP contribution in [0.1, 0.15) is 43.0 Å². The summed E-state index contributed by atoms with van der Waals surface area (Å²) >= 11 is 0. The van der Waals surface area contributed by atoms with Crippen molar-refractivity contribution in [3.8, 4) is 0 Å². The van der Waals surface area contributed by atoms with Crippen LogP contribution in [0.25, 0.3) is 0 Å². The van der Waals surface area contributed by atoms with Crippen LogP contribution in [0.5, 0.6) is 0 Å². The third-order valence-electron chi connectivity index (χ3n) is 6.26. The van der Waals surface area contributed by atoms with Gasteiger partial charge in [0.25, 0.3) is 5.91 Å². The number of imide groups is 1. The lowest BCUT2D eigenvalue weighted by Crippen LogP contribution is -2.50. The molecule has 2 aliphatic rings. The highest BCUT2D eigenvalue weighted by Crippen LogP contribution is 2.39. The summed E-state index contributed by atoms with van der Waals surface area (Å²) in [5.41, 5.74) is 1.96. The van der Waals surface area contributed by atoms with E-state index < -0.39 is 23.2 Å². The number of anilines is 1. The molecule has 1 spiro atoms. The summed E-state index contributed by atoms with van der Waals surface area (Å²) in [4.78, 5) is 38.9. The zero-order valence-electron chi connectivity index (χ0n) is 18.5. The number of nitrogens with zero attached hydrogens (tertiary/aromatic N) is 1. The Balaban J connectivity index is 1.40. The van der Waals surface area contributed by atoms with Crippen LogP contribution in [0.15, 0.2) is 36.4 Å². The van der Waals surface area contributed by atoms with Crippen LogP contribution in [0.3, 0.4) is 0 Å². The highest BCUT2D eigenvalue weighted by molar-refractivity contribution is 6.08. The van der Waals surface area contributed by atoms with Gasteiger partial charge in [-0.25, -0.2) is 13.6 Å². The zero-order valence-corrected chi connectivity index (χ0v) is 18.5. The van der Waals surface area contributed by atoms with Crippen molar-refractivity contribution in [1.29, 1.82) is 0 Å². The first-order valence-corrected chi connectivity index (χ1v) is 11.0. The van der Waals surface area contributed by atoms with Crippen molar-refractivity contribution >= 4 is 23.5 Å². The predicted octanol–water partition coefficient (Wildman–Crippen LogP) is 3.05. The third-order valence-corrected chi connectivity index (χ3v) is 6.26. The fourth-order valence-electron chi connectivity index (χ4n) is 4.62. The maximum absolute atomic E-state index is 13.4. The highest BCUT2D eigenvalue weighted by Gasteiger charge is 2.55. The number of nitrogens with one attached hydrogen (secondary N) is 3. The minimum absolute atomic E-state index is 0.0541. The van der Waals surface area contributed by atoms with Gasteiger partial charge in [0.05, 0.1) is 6.54 Å². The Bertz CT molecular complexity index is 1100. The van der Waals surface area contributed by atoms with Gasteiger partial charge in [0.1, 0.15) is 17.2 Å². The van der Waals surface area contributed by atoms with Gasteiger partial charge in [0, 0.05) is 37.2 Å². The number of rotatable bonds is 7. The van der Waals surface area contributed by atoms with E-state index in [2.05, 4.69) is 16.0 Å². The summed E-state index contributed by atoms with van der Waals surface area (Å²) in [7, 11) is 0. The van der Waals surface area contributed by atoms with Crippen molar-refractivity contribution in [2.75, 3.05) is 18.4 Å². The standard InChI is InChI=1S/C24H26F2N4O3/c1-3-6-30-23(33)29-22(32)24(30)11-15-4-5-20(9-17(15)12-24)28-21(31)13-27-14(2)16-7-18(25)10-19(26)8-16/h4-5,7-10,14,27H,3,6,11-13H2,1-2H3,(H,28,31)(H,29,32,33)/t14-,24?/m1/s1. The SMILES string of the molecule is CCCN1C(=O)NC(=O)C12Cc1ccc(NC(=O)CN[C@H](C)c3cc(F)cc(F)c3)cc1C2. The molecule has 0 bridgehead atoms. The summed E-state index contributed by atoms with van der Waals surface area (Å²) < 4.78 is 26.8. The maximum atomic E-state index is 13.4. The second-order valence-electron chi connectivity index (χ2n) is 8.63. The average molecular weight is 456 g/mol. The zero-order chi connectivity index (χ0) is 23.8. The van der Waals surface area contributed by atoms with Crippen molar-refractivity contribution in [3.63, 3.8) is 0 Å². The molecule has 0 saturated carbocycles. The number of halogens is 2. The largest absolute Gasteiger partial charge is 0.325 e. The number of amides is 4. The van der Waals surface area contributed by atoms with Crippen molar-refractivity contribution in [3.05, 3.63) is 64.7 Å². The van der Waals surface area contributed by atoms with E-state index in [1.165, 1.54) is 12.1 Å². The van der Waals surface area contributed by atoms with Crippen LogP contribution in [-0.4, -0.2) is 41.4 Å². The van der Waals surface area contributed by atoms with E-state index in [1.807, 2.05) is 19.1 Å². The molecule has 3 N–H and O–H groups in total. The minimum atomic E-state index is -0.907. The van der Waals surface area contributed by atoms with Crippen LogP contribution >= 0.6 is 0 Å². The van der Waals surface area contributed by atoms with E-state index in [1.54, 1.807) is 17.9 Å². The third kappa shape index (κ3) is 4.45. The van der Waals surface area contributed by atoms with Crippen molar-refractivity contribution < 1.29 is 23.2 Å². The number of urea groups is 1. The summed E-state index contributed by atoms with van der Waals surface area (Å²) in [5.74, 6) is -1.94. The van der Waals surface area contributed by atoms with Crippen molar-refractivity contribution in [1.82, 2.24) is 15.5 Å². The van der Waals surface area contributed by atoms with Gasteiger partial charge in [0.2, 0.25) is 5.91 Å².